The molecule has 14 heavy (non-hydrogen) atoms. The van der Waals surface area contributed by atoms with Gasteiger partial charge in [0.2, 0.25) is 0 Å². The first-order valence-corrected chi connectivity index (χ1v) is 5.38. The minimum absolute atomic E-state index is 0.373. The van der Waals surface area contributed by atoms with E-state index in [9.17, 15) is 0 Å². The number of benzene rings is 1. The molecule has 1 aromatic rings. The summed E-state index contributed by atoms with van der Waals surface area (Å²) in [6.45, 7) is 1.03. The topological polar surface area (TPSA) is 29.3 Å². The van der Waals surface area contributed by atoms with Crippen LogP contribution in [0, 0.1) is 0 Å². The second kappa shape index (κ2) is 2.74. The smallest absolute Gasteiger partial charge is 0.0420 e. The molecule has 2 nitrogen and oxygen atoms in total. The SMILES string of the molecule is N[C@H]1CN(c2ccccc2)C2(CC2)C1. The summed E-state index contributed by atoms with van der Waals surface area (Å²) in [4.78, 5) is 2.51. The van der Waals surface area contributed by atoms with Gasteiger partial charge in [0.1, 0.15) is 0 Å². The maximum atomic E-state index is 6.04. The number of hydrogen-bond donors (Lipinski definition) is 1. The first kappa shape index (κ1) is 8.30. The maximum Gasteiger partial charge on any atom is 0.0420 e. The number of nitrogens with two attached hydrogens (primary N) is 1. The van der Waals surface area contributed by atoms with Gasteiger partial charge in [0.25, 0.3) is 0 Å². The van der Waals surface area contributed by atoms with Crippen LogP contribution in [0.3, 0.4) is 0 Å². The summed E-state index contributed by atoms with van der Waals surface area (Å²) in [5, 5.41) is 0. The van der Waals surface area contributed by atoms with Gasteiger partial charge in [0.15, 0.2) is 0 Å². The van der Waals surface area contributed by atoms with Gasteiger partial charge in [-0.1, -0.05) is 18.2 Å². The van der Waals surface area contributed by atoms with Gasteiger partial charge in [-0.3, -0.25) is 0 Å². The number of hydrogen-bond acceptors (Lipinski definition) is 2. The van der Waals surface area contributed by atoms with E-state index in [1.54, 1.807) is 0 Å². The molecule has 1 saturated heterocycles. The zero-order valence-electron chi connectivity index (χ0n) is 8.32. The molecule has 1 aliphatic carbocycles. The number of para-hydroxylation sites is 1. The molecule has 0 bridgehead atoms. The highest BCUT2D eigenvalue weighted by Crippen LogP contribution is 2.50. The summed E-state index contributed by atoms with van der Waals surface area (Å²) in [6, 6.07) is 11.0. The minimum atomic E-state index is 0.373. The minimum Gasteiger partial charge on any atom is -0.364 e. The van der Waals surface area contributed by atoms with Crippen LogP contribution >= 0.6 is 0 Å². The molecule has 1 saturated carbocycles. The standard InChI is InChI=1S/C12H16N2/c13-10-8-12(6-7-12)14(9-10)11-4-2-1-3-5-11/h1-5,10H,6-9,13H2/t10-/m1/s1. The summed E-state index contributed by atoms with van der Waals surface area (Å²) in [5.74, 6) is 0. The molecule has 74 valence electrons. The Morgan fingerprint density at radius 3 is 2.57 bits per heavy atom. The number of anilines is 1. The van der Waals surface area contributed by atoms with Crippen molar-refractivity contribution in [2.75, 3.05) is 11.4 Å². The Morgan fingerprint density at radius 2 is 1.93 bits per heavy atom. The van der Waals surface area contributed by atoms with Gasteiger partial charge in [-0.2, -0.15) is 0 Å². The second-order valence-electron chi connectivity index (χ2n) is 4.63. The summed E-state index contributed by atoms with van der Waals surface area (Å²) >= 11 is 0. The van der Waals surface area contributed by atoms with Gasteiger partial charge >= 0.3 is 0 Å². The third-order valence-corrected chi connectivity index (χ3v) is 3.53. The van der Waals surface area contributed by atoms with E-state index in [1.807, 2.05) is 0 Å². The molecular weight excluding hydrogens is 172 g/mol. The van der Waals surface area contributed by atoms with Crippen LogP contribution in [0.25, 0.3) is 0 Å². The van der Waals surface area contributed by atoms with E-state index in [0.29, 0.717) is 11.6 Å². The molecule has 2 fully saturated rings. The van der Waals surface area contributed by atoms with Crippen LogP contribution in [-0.4, -0.2) is 18.1 Å². The van der Waals surface area contributed by atoms with Crippen LogP contribution < -0.4 is 10.6 Å². The molecule has 0 radical (unpaired) electrons. The van der Waals surface area contributed by atoms with Crippen molar-refractivity contribution in [2.24, 2.45) is 5.73 Å². The van der Waals surface area contributed by atoms with Crippen molar-refractivity contribution in [1.82, 2.24) is 0 Å². The van der Waals surface area contributed by atoms with Crippen molar-refractivity contribution in [3.8, 4) is 0 Å². The molecule has 2 heteroatoms. The van der Waals surface area contributed by atoms with Crippen LogP contribution in [0.1, 0.15) is 19.3 Å². The molecule has 3 rings (SSSR count). The van der Waals surface area contributed by atoms with E-state index in [4.69, 9.17) is 5.73 Å². The van der Waals surface area contributed by atoms with E-state index >= 15 is 0 Å². The molecule has 0 unspecified atom stereocenters. The van der Waals surface area contributed by atoms with E-state index in [1.165, 1.54) is 24.9 Å². The van der Waals surface area contributed by atoms with Crippen LogP contribution in [0.15, 0.2) is 30.3 Å². The molecule has 1 heterocycles. The fourth-order valence-electron chi connectivity index (χ4n) is 2.70. The lowest BCUT2D eigenvalue weighted by molar-refractivity contribution is 0.642. The van der Waals surface area contributed by atoms with E-state index in [0.717, 1.165) is 6.54 Å². The van der Waals surface area contributed by atoms with Crippen molar-refractivity contribution in [3.05, 3.63) is 30.3 Å². The number of nitrogens with zero attached hydrogens (tertiary/aromatic N) is 1. The maximum absolute atomic E-state index is 6.04. The van der Waals surface area contributed by atoms with Crippen molar-refractivity contribution in [2.45, 2.75) is 30.8 Å². The van der Waals surface area contributed by atoms with Gasteiger partial charge in [-0.15, -0.1) is 0 Å². The predicted molar refractivity (Wildman–Crippen MR) is 58.3 cm³/mol. The first-order chi connectivity index (χ1) is 6.80. The van der Waals surface area contributed by atoms with Crippen molar-refractivity contribution < 1.29 is 0 Å². The second-order valence-corrected chi connectivity index (χ2v) is 4.63. The zero-order chi connectivity index (χ0) is 9.60. The molecule has 2 N–H and O–H groups in total. The molecule has 0 aromatic heterocycles. The monoisotopic (exact) mass is 188 g/mol. The Hall–Kier alpha value is -1.02. The molecular formula is C12H16N2. The van der Waals surface area contributed by atoms with Crippen molar-refractivity contribution >= 4 is 5.69 Å². The lowest BCUT2D eigenvalue weighted by atomic mass is 10.1. The van der Waals surface area contributed by atoms with Gasteiger partial charge in [-0.25, -0.2) is 0 Å². The lowest BCUT2D eigenvalue weighted by Crippen LogP contribution is -2.31. The Bertz CT molecular complexity index is 329. The van der Waals surface area contributed by atoms with Crippen LogP contribution in [0.2, 0.25) is 0 Å². The summed E-state index contributed by atoms with van der Waals surface area (Å²) < 4.78 is 0. The third-order valence-electron chi connectivity index (χ3n) is 3.53. The fourth-order valence-corrected chi connectivity index (χ4v) is 2.70. The summed E-state index contributed by atoms with van der Waals surface area (Å²) in [6.07, 6.45) is 3.84. The average Bonchev–Trinajstić information content (AvgIpc) is 2.87. The first-order valence-electron chi connectivity index (χ1n) is 5.38. The van der Waals surface area contributed by atoms with Crippen molar-refractivity contribution in [3.63, 3.8) is 0 Å². The molecule has 1 spiro atoms. The highest BCUT2D eigenvalue weighted by atomic mass is 15.3. The molecule has 0 amide bonds. The quantitative estimate of drug-likeness (QED) is 0.727. The predicted octanol–water partition coefficient (Wildman–Crippen LogP) is 1.76. The lowest BCUT2D eigenvalue weighted by Gasteiger charge is -2.26. The zero-order valence-corrected chi connectivity index (χ0v) is 8.32. The van der Waals surface area contributed by atoms with E-state index in [2.05, 4.69) is 35.2 Å². The van der Waals surface area contributed by atoms with Crippen molar-refractivity contribution in [1.29, 1.82) is 0 Å². The van der Waals surface area contributed by atoms with E-state index in [-0.39, 0.29) is 0 Å². The Balaban J connectivity index is 1.92. The third kappa shape index (κ3) is 1.14. The van der Waals surface area contributed by atoms with E-state index < -0.39 is 0 Å². The van der Waals surface area contributed by atoms with Crippen LogP contribution in [0.5, 0.6) is 0 Å². The summed E-state index contributed by atoms with van der Waals surface area (Å²) in [5.41, 5.74) is 7.83. The highest BCUT2D eigenvalue weighted by molar-refractivity contribution is 5.53. The molecule has 2 aliphatic rings. The number of rotatable bonds is 1. The average molecular weight is 188 g/mol. The van der Waals surface area contributed by atoms with Gasteiger partial charge in [0.05, 0.1) is 0 Å². The van der Waals surface area contributed by atoms with Gasteiger partial charge < -0.3 is 10.6 Å². The van der Waals surface area contributed by atoms with Crippen LogP contribution in [0.4, 0.5) is 5.69 Å². The molecule has 1 aromatic carbocycles. The largest absolute Gasteiger partial charge is 0.364 e. The van der Waals surface area contributed by atoms with Gasteiger partial charge in [0, 0.05) is 23.8 Å². The molecule has 1 aliphatic heterocycles. The molecule has 1 atom stereocenters. The highest BCUT2D eigenvalue weighted by Gasteiger charge is 2.53. The van der Waals surface area contributed by atoms with Gasteiger partial charge in [-0.05, 0) is 31.4 Å². The Kier molecular flexibility index (Phi) is 1.62. The normalized spacial score (nSPS) is 28.4. The fraction of sp³-hybridized carbons (Fsp3) is 0.500. The Morgan fingerprint density at radius 1 is 1.21 bits per heavy atom. The van der Waals surface area contributed by atoms with Crippen LogP contribution in [-0.2, 0) is 0 Å². The Labute approximate surface area is 84.7 Å². The summed E-state index contributed by atoms with van der Waals surface area (Å²) in [7, 11) is 0.